The van der Waals surface area contributed by atoms with Gasteiger partial charge in [0.25, 0.3) is 5.91 Å². The van der Waals surface area contributed by atoms with Crippen molar-refractivity contribution in [3.05, 3.63) is 12.2 Å². The molecule has 4 amide bonds. The summed E-state index contributed by atoms with van der Waals surface area (Å²) < 4.78 is 35.2. The van der Waals surface area contributed by atoms with Crippen molar-refractivity contribution in [2.24, 2.45) is 5.92 Å². The van der Waals surface area contributed by atoms with Gasteiger partial charge >= 0.3 is 16.3 Å². The van der Waals surface area contributed by atoms with Gasteiger partial charge in [-0.1, -0.05) is 31.4 Å². The maximum atomic E-state index is 13.6. The third kappa shape index (κ3) is 7.54. The first-order valence-electron chi connectivity index (χ1n) is 14.4. The molecule has 0 bridgehead atoms. The molecule has 13 heteroatoms. The van der Waals surface area contributed by atoms with Gasteiger partial charge in [-0.05, 0) is 72.1 Å². The summed E-state index contributed by atoms with van der Waals surface area (Å²) in [6, 6.07) is -1.88. The quantitative estimate of drug-likeness (QED) is 0.360. The summed E-state index contributed by atoms with van der Waals surface area (Å²) in [5.41, 5.74) is -2.14. The standard InChI is InChI=1S/C27H43N5O7S/c1-26(2,3)39-25(36)28-20-14-8-6-4-5-7-11-18-17-27(18,24(35)31-40(37,38)30-19-12-9-13-19)29-22(33)21-15-10-16-32(21)23(20)34/h7,11,18-21,30H,4-6,8-10,12-17H2,1-3H3,(H,28,36)(H,29,33)(H,31,35)/b11-7-/t18-,20-,21-,27+/m0/s1. The Morgan fingerprint density at radius 3 is 2.48 bits per heavy atom. The van der Waals surface area contributed by atoms with E-state index >= 15 is 0 Å². The molecule has 2 aliphatic heterocycles. The fourth-order valence-corrected chi connectivity index (χ4v) is 6.69. The molecule has 4 aliphatic rings. The molecule has 2 heterocycles. The van der Waals surface area contributed by atoms with Gasteiger partial charge in [0.15, 0.2) is 0 Å². The minimum Gasteiger partial charge on any atom is -0.444 e. The second-order valence-corrected chi connectivity index (χ2v) is 13.9. The Labute approximate surface area is 236 Å². The van der Waals surface area contributed by atoms with Gasteiger partial charge in [-0.3, -0.25) is 14.4 Å². The highest BCUT2D eigenvalue weighted by Crippen LogP contribution is 2.45. The van der Waals surface area contributed by atoms with E-state index in [4.69, 9.17) is 4.74 Å². The molecule has 12 nitrogen and oxygen atoms in total. The van der Waals surface area contributed by atoms with E-state index in [1.165, 1.54) is 4.90 Å². The minimum atomic E-state index is -4.08. The van der Waals surface area contributed by atoms with Crippen molar-refractivity contribution < 1.29 is 32.3 Å². The number of nitrogens with one attached hydrogen (secondary N) is 4. The lowest BCUT2D eigenvalue weighted by Crippen LogP contribution is -2.59. The molecular formula is C27H43N5O7S. The zero-order valence-corrected chi connectivity index (χ0v) is 24.5. The van der Waals surface area contributed by atoms with Crippen LogP contribution < -0.4 is 20.1 Å². The van der Waals surface area contributed by atoms with Crippen LogP contribution >= 0.6 is 0 Å². The average Bonchev–Trinajstić information content (AvgIpc) is 3.28. The van der Waals surface area contributed by atoms with Crippen LogP contribution in [0.15, 0.2) is 12.2 Å². The SMILES string of the molecule is CC(C)(C)OC(=O)N[C@H]1CCCCC/C=C\[C@H]2C[C@@]2(C(=O)NS(=O)(=O)NC2CCC2)NC(=O)[C@@H]2CCCN2C1=O. The topological polar surface area (TPSA) is 163 Å². The Morgan fingerprint density at radius 1 is 1.05 bits per heavy atom. The Morgan fingerprint density at radius 2 is 1.80 bits per heavy atom. The summed E-state index contributed by atoms with van der Waals surface area (Å²) >= 11 is 0. The van der Waals surface area contributed by atoms with Crippen molar-refractivity contribution in [3.63, 3.8) is 0 Å². The van der Waals surface area contributed by atoms with Crippen molar-refractivity contribution in [1.82, 2.24) is 25.0 Å². The zero-order valence-electron chi connectivity index (χ0n) is 23.7. The predicted octanol–water partition coefficient (Wildman–Crippen LogP) is 1.77. The molecule has 0 aromatic heterocycles. The number of hydrogen-bond donors (Lipinski definition) is 4. The summed E-state index contributed by atoms with van der Waals surface area (Å²) in [5.74, 6) is -2.01. The molecule has 0 unspecified atom stereocenters. The summed E-state index contributed by atoms with van der Waals surface area (Å²) in [5, 5.41) is 5.52. The van der Waals surface area contributed by atoms with Crippen LogP contribution in [0.5, 0.6) is 0 Å². The van der Waals surface area contributed by atoms with E-state index in [9.17, 15) is 27.6 Å². The van der Waals surface area contributed by atoms with Gasteiger partial charge in [0.05, 0.1) is 0 Å². The molecule has 0 spiro atoms. The third-order valence-electron chi connectivity index (χ3n) is 7.98. The van der Waals surface area contributed by atoms with Crippen LogP contribution in [0.3, 0.4) is 0 Å². The van der Waals surface area contributed by atoms with Gasteiger partial charge in [0.1, 0.15) is 23.2 Å². The van der Waals surface area contributed by atoms with E-state index in [1.807, 2.05) is 12.2 Å². The Balaban J connectivity index is 1.52. The summed E-state index contributed by atoms with van der Waals surface area (Å²) in [6.45, 7) is 5.56. The molecule has 2 aliphatic carbocycles. The zero-order chi connectivity index (χ0) is 29.1. The van der Waals surface area contributed by atoms with Gasteiger partial charge < -0.3 is 20.3 Å². The van der Waals surface area contributed by atoms with Crippen molar-refractivity contribution >= 4 is 34.0 Å². The van der Waals surface area contributed by atoms with Gasteiger partial charge in [0.2, 0.25) is 11.8 Å². The molecule has 3 fully saturated rings. The van der Waals surface area contributed by atoms with Crippen LogP contribution in [0.25, 0.3) is 0 Å². The number of amides is 4. The van der Waals surface area contributed by atoms with Gasteiger partial charge in [0, 0.05) is 18.5 Å². The van der Waals surface area contributed by atoms with Gasteiger partial charge in [-0.15, -0.1) is 0 Å². The molecule has 4 rings (SSSR count). The lowest BCUT2D eigenvalue weighted by Gasteiger charge is -2.31. The lowest BCUT2D eigenvalue weighted by molar-refractivity contribution is -0.141. The van der Waals surface area contributed by atoms with E-state index in [0.717, 1.165) is 38.5 Å². The number of allylic oxidation sites excluding steroid dienone is 1. The van der Waals surface area contributed by atoms with Gasteiger partial charge in [-0.25, -0.2) is 9.52 Å². The maximum Gasteiger partial charge on any atom is 0.408 e. The van der Waals surface area contributed by atoms with Crippen molar-refractivity contribution in [3.8, 4) is 0 Å². The third-order valence-corrected chi connectivity index (χ3v) is 9.08. The number of alkyl carbamates (subject to hydrolysis) is 1. The second-order valence-electron chi connectivity index (χ2n) is 12.4. The molecule has 224 valence electrons. The molecule has 0 radical (unpaired) electrons. The number of hydrogen-bond acceptors (Lipinski definition) is 7. The van der Waals surface area contributed by atoms with E-state index in [-0.39, 0.29) is 24.3 Å². The van der Waals surface area contributed by atoms with E-state index < -0.39 is 51.3 Å². The van der Waals surface area contributed by atoms with E-state index in [0.29, 0.717) is 32.2 Å². The number of rotatable bonds is 5. The monoisotopic (exact) mass is 581 g/mol. The second kappa shape index (κ2) is 12.1. The molecule has 40 heavy (non-hydrogen) atoms. The van der Waals surface area contributed by atoms with E-state index in [2.05, 4.69) is 20.1 Å². The molecule has 0 aromatic rings. The Bertz CT molecular complexity index is 1130. The molecule has 4 atom stereocenters. The summed E-state index contributed by atoms with van der Waals surface area (Å²) in [6.07, 6.45) is 10.3. The minimum absolute atomic E-state index is 0.194. The molecule has 4 N–H and O–H groups in total. The van der Waals surface area contributed by atoms with Crippen LogP contribution in [-0.4, -0.2) is 72.9 Å². The first kappa shape index (κ1) is 30.3. The Kier molecular flexibility index (Phi) is 9.13. The van der Waals surface area contributed by atoms with Crippen LogP contribution in [0.4, 0.5) is 4.79 Å². The lowest BCUT2D eigenvalue weighted by atomic mass is 9.94. The predicted molar refractivity (Wildman–Crippen MR) is 147 cm³/mol. The smallest absolute Gasteiger partial charge is 0.408 e. The number of ether oxygens (including phenoxy) is 1. The van der Waals surface area contributed by atoms with Crippen molar-refractivity contribution in [1.29, 1.82) is 0 Å². The first-order chi connectivity index (χ1) is 18.8. The number of fused-ring (bicyclic) bond motifs is 2. The van der Waals surface area contributed by atoms with E-state index in [1.54, 1.807) is 20.8 Å². The Hall–Kier alpha value is -2.67. The van der Waals surface area contributed by atoms with Crippen LogP contribution in [0.1, 0.15) is 91.4 Å². The average molecular weight is 582 g/mol. The normalized spacial score (nSPS) is 30.9. The first-order valence-corrected chi connectivity index (χ1v) is 15.9. The number of nitrogens with zero attached hydrogens (tertiary/aromatic N) is 1. The fourth-order valence-electron chi connectivity index (χ4n) is 5.53. The van der Waals surface area contributed by atoms with Crippen molar-refractivity contribution in [2.75, 3.05) is 6.54 Å². The van der Waals surface area contributed by atoms with Crippen LogP contribution in [-0.2, 0) is 29.3 Å². The van der Waals surface area contributed by atoms with Crippen molar-refractivity contribution in [2.45, 2.75) is 121 Å². The molecule has 1 saturated heterocycles. The molecular weight excluding hydrogens is 538 g/mol. The highest BCUT2D eigenvalue weighted by atomic mass is 32.2. The highest BCUT2D eigenvalue weighted by Gasteiger charge is 2.61. The number of carbonyl (C=O) groups is 4. The number of carbonyl (C=O) groups excluding carboxylic acids is 4. The fraction of sp³-hybridized carbons (Fsp3) is 0.778. The molecule has 0 aromatic carbocycles. The highest BCUT2D eigenvalue weighted by molar-refractivity contribution is 7.88. The molecule has 2 saturated carbocycles. The van der Waals surface area contributed by atoms with Gasteiger partial charge in [-0.2, -0.15) is 13.1 Å². The maximum absolute atomic E-state index is 13.6. The summed E-state index contributed by atoms with van der Waals surface area (Å²) in [4.78, 5) is 54.5. The van der Waals surface area contributed by atoms with Crippen LogP contribution in [0.2, 0.25) is 0 Å². The summed E-state index contributed by atoms with van der Waals surface area (Å²) in [7, 11) is -4.08. The largest absolute Gasteiger partial charge is 0.444 e. The van der Waals surface area contributed by atoms with Crippen LogP contribution in [0, 0.1) is 5.92 Å².